The molecule has 158 valence electrons. The molecule has 4 aromatic rings. The first kappa shape index (κ1) is 20.2. The number of halogens is 1. The zero-order chi connectivity index (χ0) is 22.2. The van der Waals surface area contributed by atoms with Crippen LogP contribution in [-0.2, 0) is 6.42 Å². The number of thiazole rings is 1. The van der Waals surface area contributed by atoms with Gasteiger partial charge in [-0.25, -0.2) is 9.97 Å². The molecule has 5 rings (SSSR count). The number of para-hydroxylation sites is 2. The molecule has 1 unspecified atom stereocenters. The monoisotopic (exact) mass is 461 g/mol. The highest BCUT2D eigenvalue weighted by atomic mass is 35.5. The van der Waals surface area contributed by atoms with Crippen LogP contribution in [0.1, 0.15) is 32.0 Å². The average molecular weight is 462 g/mol. The number of alkyl halides is 1. The van der Waals surface area contributed by atoms with Crippen molar-refractivity contribution in [1.82, 2.24) is 14.5 Å². The Morgan fingerprint density at radius 1 is 1.19 bits per heavy atom. The Bertz CT molecular complexity index is 1420. The third-order valence-corrected chi connectivity index (χ3v) is 6.57. The number of fused-ring (bicyclic) bond motifs is 2. The number of carbonyl (C=O) groups is 1. The Morgan fingerprint density at radius 2 is 1.94 bits per heavy atom. The van der Waals surface area contributed by atoms with Gasteiger partial charge in [0.1, 0.15) is 28.4 Å². The standard InChI is InChI=1S/C23H16ClN5O2S/c24-11-19(30)29-16-9-5-4-8-15(16)27-17(29)10-18-28-23-21(32-18)20(13-6-2-1-3-7-13)14(12-25)22(26)31-23/h1-9,20H,10-11,26H2. The number of benzene rings is 2. The fourth-order valence-electron chi connectivity index (χ4n) is 3.88. The molecule has 0 bridgehead atoms. The van der Waals surface area contributed by atoms with Gasteiger partial charge in [-0.2, -0.15) is 5.26 Å². The Balaban J connectivity index is 1.59. The molecule has 0 saturated carbocycles. The molecular formula is C23H16ClN5O2S. The number of nitrogens with two attached hydrogens (primary N) is 1. The fraction of sp³-hybridized carbons (Fsp3) is 0.130. The second kappa shape index (κ2) is 8.11. The smallest absolute Gasteiger partial charge is 0.247 e. The van der Waals surface area contributed by atoms with E-state index in [2.05, 4.69) is 16.0 Å². The van der Waals surface area contributed by atoms with Crippen molar-refractivity contribution in [1.29, 1.82) is 5.26 Å². The van der Waals surface area contributed by atoms with Crippen LogP contribution >= 0.6 is 22.9 Å². The van der Waals surface area contributed by atoms with Crippen LogP contribution in [0.15, 0.2) is 66.1 Å². The highest BCUT2D eigenvalue weighted by Crippen LogP contribution is 2.45. The van der Waals surface area contributed by atoms with E-state index >= 15 is 0 Å². The molecule has 7 nitrogen and oxygen atoms in total. The number of hydrogen-bond acceptors (Lipinski definition) is 7. The first-order valence-corrected chi connectivity index (χ1v) is 11.1. The van der Waals surface area contributed by atoms with E-state index in [4.69, 9.17) is 22.1 Å². The molecule has 9 heteroatoms. The van der Waals surface area contributed by atoms with E-state index in [1.165, 1.54) is 15.9 Å². The molecule has 2 N–H and O–H groups in total. The van der Waals surface area contributed by atoms with Crippen LogP contribution in [0.5, 0.6) is 5.88 Å². The van der Waals surface area contributed by atoms with Crippen molar-refractivity contribution in [3.05, 3.63) is 87.3 Å². The Kier molecular flexibility index (Phi) is 5.13. The van der Waals surface area contributed by atoms with Crippen LogP contribution in [0.4, 0.5) is 0 Å². The first-order chi connectivity index (χ1) is 15.6. The Morgan fingerprint density at radius 3 is 2.69 bits per heavy atom. The van der Waals surface area contributed by atoms with Gasteiger partial charge in [-0.05, 0) is 17.7 Å². The molecule has 0 radical (unpaired) electrons. The molecule has 32 heavy (non-hydrogen) atoms. The summed E-state index contributed by atoms with van der Waals surface area (Å²) in [6, 6.07) is 19.2. The minimum Gasteiger partial charge on any atom is -0.421 e. The van der Waals surface area contributed by atoms with Crippen LogP contribution in [0.2, 0.25) is 0 Å². The maximum atomic E-state index is 12.5. The van der Waals surface area contributed by atoms with Crippen LogP contribution in [0.3, 0.4) is 0 Å². The maximum absolute atomic E-state index is 12.5. The summed E-state index contributed by atoms with van der Waals surface area (Å²) in [5.74, 6) is 0.192. The lowest BCUT2D eigenvalue weighted by Gasteiger charge is -2.22. The second-order valence-corrected chi connectivity index (χ2v) is 8.55. The zero-order valence-electron chi connectivity index (χ0n) is 16.7. The minimum absolute atomic E-state index is 0.0512. The predicted octanol–water partition coefficient (Wildman–Crippen LogP) is 4.18. The van der Waals surface area contributed by atoms with Crippen LogP contribution in [-0.4, -0.2) is 26.3 Å². The van der Waals surface area contributed by atoms with Gasteiger partial charge < -0.3 is 10.5 Å². The van der Waals surface area contributed by atoms with Gasteiger partial charge in [0.05, 0.1) is 28.2 Å². The van der Waals surface area contributed by atoms with Crippen molar-refractivity contribution < 1.29 is 9.53 Å². The molecular weight excluding hydrogens is 446 g/mol. The summed E-state index contributed by atoms with van der Waals surface area (Å²) in [5, 5.41) is 10.4. The first-order valence-electron chi connectivity index (χ1n) is 9.78. The molecule has 0 amide bonds. The number of carbonyl (C=O) groups excluding carboxylic acids is 1. The minimum atomic E-state index is -0.362. The zero-order valence-corrected chi connectivity index (χ0v) is 18.2. The van der Waals surface area contributed by atoms with Gasteiger partial charge in [-0.1, -0.05) is 42.5 Å². The van der Waals surface area contributed by atoms with E-state index in [-0.39, 0.29) is 23.6 Å². The second-order valence-electron chi connectivity index (χ2n) is 7.17. The summed E-state index contributed by atoms with van der Waals surface area (Å²) in [5.41, 5.74) is 8.73. The summed E-state index contributed by atoms with van der Waals surface area (Å²) < 4.78 is 7.22. The lowest BCUT2D eigenvalue weighted by Crippen LogP contribution is -2.20. The fourth-order valence-corrected chi connectivity index (χ4v) is 5.13. The van der Waals surface area contributed by atoms with Gasteiger partial charge in [0.15, 0.2) is 0 Å². The number of nitrogens with zero attached hydrogens (tertiary/aromatic N) is 4. The predicted molar refractivity (Wildman–Crippen MR) is 122 cm³/mol. The number of nitriles is 1. The number of imidazole rings is 1. The van der Waals surface area contributed by atoms with E-state index < -0.39 is 0 Å². The van der Waals surface area contributed by atoms with Gasteiger partial charge >= 0.3 is 0 Å². The summed E-state index contributed by atoms with van der Waals surface area (Å²) in [6.07, 6.45) is 0.307. The molecule has 1 aliphatic rings. The summed E-state index contributed by atoms with van der Waals surface area (Å²) >= 11 is 7.27. The van der Waals surface area contributed by atoms with E-state index in [9.17, 15) is 10.1 Å². The molecule has 0 saturated heterocycles. The van der Waals surface area contributed by atoms with Gasteiger partial charge in [0, 0.05) is 0 Å². The quantitative estimate of drug-likeness (QED) is 0.457. The molecule has 2 aromatic heterocycles. The van der Waals surface area contributed by atoms with Crippen molar-refractivity contribution >= 4 is 39.9 Å². The molecule has 0 aliphatic carbocycles. The van der Waals surface area contributed by atoms with Crippen molar-refractivity contribution in [3.63, 3.8) is 0 Å². The largest absolute Gasteiger partial charge is 0.421 e. The van der Waals surface area contributed by atoms with Gasteiger partial charge in [-0.15, -0.1) is 22.9 Å². The van der Waals surface area contributed by atoms with Crippen LogP contribution in [0, 0.1) is 11.3 Å². The lowest BCUT2D eigenvalue weighted by molar-refractivity contribution is 0.0942. The van der Waals surface area contributed by atoms with E-state index in [0.717, 1.165) is 10.4 Å². The number of aromatic nitrogens is 3. The van der Waals surface area contributed by atoms with E-state index in [0.29, 0.717) is 39.7 Å². The summed E-state index contributed by atoms with van der Waals surface area (Å²) in [6.45, 7) is 0. The lowest BCUT2D eigenvalue weighted by atomic mass is 9.89. The van der Waals surface area contributed by atoms with Crippen LogP contribution in [0.25, 0.3) is 11.0 Å². The highest BCUT2D eigenvalue weighted by molar-refractivity contribution is 7.12. The highest BCUT2D eigenvalue weighted by Gasteiger charge is 2.34. The molecule has 2 aromatic carbocycles. The van der Waals surface area contributed by atoms with Gasteiger partial charge in [-0.3, -0.25) is 9.36 Å². The normalized spacial score (nSPS) is 15.3. The van der Waals surface area contributed by atoms with E-state index in [1.807, 2.05) is 54.6 Å². The number of ether oxygens (including phenoxy) is 1. The van der Waals surface area contributed by atoms with Crippen molar-refractivity contribution in [2.75, 3.05) is 5.88 Å². The van der Waals surface area contributed by atoms with Crippen LogP contribution < -0.4 is 10.5 Å². The SMILES string of the molecule is N#CC1=C(N)Oc2nc(Cc3nc4ccccc4n3C(=O)CCl)sc2C1c1ccccc1. The topological polar surface area (TPSA) is 107 Å². The molecule has 1 atom stereocenters. The van der Waals surface area contributed by atoms with Crippen molar-refractivity contribution in [2.24, 2.45) is 5.73 Å². The third kappa shape index (κ3) is 3.32. The summed E-state index contributed by atoms with van der Waals surface area (Å²) in [4.78, 5) is 22.6. The average Bonchev–Trinajstić information content (AvgIpc) is 3.38. The molecule has 0 fully saturated rings. The molecule has 0 spiro atoms. The van der Waals surface area contributed by atoms with Gasteiger partial charge in [0.2, 0.25) is 17.7 Å². The maximum Gasteiger partial charge on any atom is 0.247 e. The van der Waals surface area contributed by atoms with E-state index in [1.54, 1.807) is 0 Å². The number of allylic oxidation sites excluding steroid dienone is 1. The molecule has 1 aliphatic heterocycles. The number of rotatable bonds is 4. The summed E-state index contributed by atoms with van der Waals surface area (Å²) in [7, 11) is 0. The third-order valence-electron chi connectivity index (χ3n) is 5.24. The van der Waals surface area contributed by atoms with Crippen molar-refractivity contribution in [2.45, 2.75) is 12.3 Å². The van der Waals surface area contributed by atoms with Gasteiger partial charge in [0.25, 0.3) is 0 Å². The van der Waals surface area contributed by atoms with Crippen molar-refractivity contribution in [3.8, 4) is 11.9 Å². The Hall–Kier alpha value is -3.67. The number of hydrogen-bond donors (Lipinski definition) is 1. The molecule has 3 heterocycles. The Labute approximate surface area is 192 Å².